The van der Waals surface area contributed by atoms with Gasteiger partial charge in [0.1, 0.15) is 5.69 Å². The summed E-state index contributed by atoms with van der Waals surface area (Å²) in [5, 5.41) is 0.543. The first-order valence-electron chi connectivity index (χ1n) is 4.50. The van der Waals surface area contributed by atoms with Gasteiger partial charge in [-0.25, -0.2) is 30.7 Å². The van der Waals surface area contributed by atoms with Gasteiger partial charge in [0.2, 0.25) is 5.82 Å². The topological polar surface area (TPSA) is 29.1 Å². The summed E-state index contributed by atoms with van der Waals surface area (Å²) in [7, 11) is 0. The summed E-state index contributed by atoms with van der Waals surface area (Å²) in [5.74, 6) is -21.2. The second-order valence-corrected chi connectivity index (χ2v) is 3.32. The average Bonchev–Trinajstić information content (AvgIpc) is 2.38. The molecule has 1 rings (SSSR count). The Morgan fingerprint density at radius 2 is 1.20 bits per heavy atom. The van der Waals surface area contributed by atoms with E-state index in [-0.39, 0.29) is 0 Å². The van der Waals surface area contributed by atoms with Crippen molar-refractivity contribution in [3.8, 4) is 0 Å². The number of anilines is 1. The van der Waals surface area contributed by atoms with E-state index in [1.165, 1.54) is 0 Å². The molecule has 0 fully saturated rings. The Morgan fingerprint density at radius 3 is 1.55 bits per heavy atom. The number of nitrogens with one attached hydrogen (secondary N) is 1. The highest BCUT2D eigenvalue weighted by Crippen LogP contribution is 2.30. The molecule has 1 aromatic carbocycles. The number of carbonyl (C=O) groups excluding carboxylic acids is 1. The maximum Gasteiger partial charge on any atom is 0.383 e. The second kappa shape index (κ2) is 5.21. The van der Waals surface area contributed by atoms with Gasteiger partial charge < -0.3 is 5.32 Å². The van der Waals surface area contributed by atoms with Crippen molar-refractivity contribution in [1.82, 2.24) is 0 Å². The molecule has 0 saturated heterocycles. The third kappa shape index (κ3) is 2.51. The Hall–Kier alpha value is -1.94. The lowest BCUT2D eigenvalue weighted by molar-refractivity contribution is -0.163. The highest BCUT2D eigenvalue weighted by Gasteiger charge is 2.49. The minimum Gasteiger partial charge on any atom is -0.316 e. The van der Waals surface area contributed by atoms with Crippen LogP contribution in [0.25, 0.3) is 0 Å². The lowest BCUT2D eigenvalue weighted by Gasteiger charge is -2.16. The van der Waals surface area contributed by atoms with Crippen LogP contribution in [-0.2, 0) is 4.79 Å². The largest absolute Gasteiger partial charge is 0.383 e. The van der Waals surface area contributed by atoms with Gasteiger partial charge in [0, 0.05) is 0 Å². The maximum atomic E-state index is 13.0. The fraction of sp³-hybridized carbons (Fsp3) is 0.222. The first-order valence-corrected chi connectivity index (χ1v) is 4.50. The monoisotopic (exact) mass is 311 g/mol. The van der Waals surface area contributed by atoms with Crippen molar-refractivity contribution in [3.05, 3.63) is 29.1 Å². The van der Waals surface area contributed by atoms with E-state index in [9.17, 15) is 44.3 Å². The van der Waals surface area contributed by atoms with Crippen LogP contribution in [0, 0.1) is 29.1 Å². The average molecular weight is 311 g/mol. The van der Waals surface area contributed by atoms with Crippen LogP contribution < -0.4 is 5.32 Å². The van der Waals surface area contributed by atoms with Gasteiger partial charge in [0.15, 0.2) is 23.3 Å². The van der Waals surface area contributed by atoms with E-state index in [2.05, 4.69) is 0 Å². The highest BCUT2D eigenvalue weighted by atomic mass is 19.3. The molecule has 0 heterocycles. The van der Waals surface area contributed by atoms with Crippen LogP contribution in [0.15, 0.2) is 0 Å². The number of benzene rings is 1. The zero-order valence-electron chi connectivity index (χ0n) is 8.89. The van der Waals surface area contributed by atoms with E-state index in [0.29, 0.717) is 5.32 Å². The number of alkyl halides is 4. The van der Waals surface area contributed by atoms with Crippen LogP contribution in [0.2, 0.25) is 0 Å². The number of carbonyl (C=O) groups is 1. The van der Waals surface area contributed by atoms with Crippen molar-refractivity contribution in [1.29, 1.82) is 0 Å². The number of hydrogen-bond acceptors (Lipinski definition) is 1. The Labute approximate surface area is 104 Å². The van der Waals surface area contributed by atoms with E-state index < -0.39 is 53.0 Å². The fourth-order valence-electron chi connectivity index (χ4n) is 1.01. The predicted molar refractivity (Wildman–Crippen MR) is 45.8 cm³/mol. The molecule has 20 heavy (non-hydrogen) atoms. The summed E-state index contributed by atoms with van der Waals surface area (Å²) in [6, 6.07) is 0. The summed E-state index contributed by atoms with van der Waals surface area (Å²) in [5.41, 5.74) is -2.15. The molecule has 0 aliphatic heterocycles. The minimum absolute atomic E-state index is 0.543. The molecule has 2 nitrogen and oxygen atoms in total. The number of halogens is 9. The molecule has 11 heteroatoms. The van der Waals surface area contributed by atoms with Crippen molar-refractivity contribution in [2.45, 2.75) is 12.3 Å². The first-order chi connectivity index (χ1) is 9.01. The highest BCUT2D eigenvalue weighted by molar-refractivity contribution is 5.96. The molecule has 0 bridgehead atoms. The lowest BCUT2D eigenvalue weighted by Crippen LogP contribution is -2.41. The molecule has 0 saturated carbocycles. The Balaban J connectivity index is 3.27. The molecule has 0 aliphatic rings. The van der Waals surface area contributed by atoms with Crippen LogP contribution in [0.3, 0.4) is 0 Å². The lowest BCUT2D eigenvalue weighted by atomic mass is 10.2. The van der Waals surface area contributed by atoms with Crippen LogP contribution in [-0.4, -0.2) is 18.3 Å². The van der Waals surface area contributed by atoms with Gasteiger partial charge in [0.25, 0.3) is 0 Å². The molecule has 1 aromatic rings. The Morgan fingerprint density at radius 1 is 0.850 bits per heavy atom. The van der Waals surface area contributed by atoms with Crippen LogP contribution in [0.1, 0.15) is 0 Å². The van der Waals surface area contributed by atoms with E-state index in [1.807, 2.05) is 0 Å². The van der Waals surface area contributed by atoms with Crippen molar-refractivity contribution in [2.24, 2.45) is 0 Å². The third-order valence-electron chi connectivity index (χ3n) is 2.03. The summed E-state index contributed by atoms with van der Waals surface area (Å²) < 4.78 is 112. The SMILES string of the molecule is O=C(Nc1c(F)c(F)c(F)c(F)c1F)C(F)(F)C(F)F. The normalized spacial score (nSPS) is 11.9. The van der Waals surface area contributed by atoms with E-state index in [1.54, 1.807) is 0 Å². The quantitative estimate of drug-likeness (QED) is 0.518. The molecular formula is C9H2F9NO. The van der Waals surface area contributed by atoms with Gasteiger partial charge in [-0.3, -0.25) is 4.79 Å². The summed E-state index contributed by atoms with van der Waals surface area (Å²) in [4.78, 5) is 10.7. The van der Waals surface area contributed by atoms with Crippen molar-refractivity contribution in [2.75, 3.05) is 5.32 Å². The van der Waals surface area contributed by atoms with Crippen molar-refractivity contribution < 1.29 is 44.3 Å². The predicted octanol–water partition coefficient (Wildman–Crippen LogP) is 3.22. The van der Waals surface area contributed by atoms with Crippen molar-refractivity contribution >= 4 is 11.6 Å². The maximum absolute atomic E-state index is 13.0. The van der Waals surface area contributed by atoms with Crippen LogP contribution in [0.4, 0.5) is 45.2 Å². The van der Waals surface area contributed by atoms with Gasteiger partial charge in [-0.05, 0) is 0 Å². The molecule has 1 amide bonds. The Kier molecular flexibility index (Phi) is 4.20. The molecule has 0 radical (unpaired) electrons. The fourth-order valence-corrected chi connectivity index (χ4v) is 1.01. The van der Waals surface area contributed by atoms with E-state index >= 15 is 0 Å². The molecule has 0 aromatic heterocycles. The Bertz CT molecular complexity index is 528. The van der Waals surface area contributed by atoms with Gasteiger partial charge >= 0.3 is 18.3 Å². The van der Waals surface area contributed by atoms with E-state index in [4.69, 9.17) is 0 Å². The first kappa shape index (κ1) is 16.1. The van der Waals surface area contributed by atoms with Crippen LogP contribution in [0.5, 0.6) is 0 Å². The van der Waals surface area contributed by atoms with Gasteiger partial charge in [-0.1, -0.05) is 0 Å². The van der Waals surface area contributed by atoms with Crippen LogP contribution >= 0.6 is 0 Å². The number of rotatable bonds is 3. The molecule has 0 unspecified atom stereocenters. The van der Waals surface area contributed by atoms with Crippen molar-refractivity contribution in [3.63, 3.8) is 0 Å². The molecular weight excluding hydrogens is 309 g/mol. The molecule has 0 spiro atoms. The zero-order chi connectivity index (χ0) is 15.8. The zero-order valence-corrected chi connectivity index (χ0v) is 8.89. The third-order valence-corrected chi connectivity index (χ3v) is 2.03. The second-order valence-electron chi connectivity index (χ2n) is 3.32. The summed E-state index contributed by atoms with van der Waals surface area (Å²) in [6.45, 7) is 0. The molecule has 0 atom stereocenters. The number of hydrogen-bond donors (Lipinski definition) is 1. The molecule has 1 N–H and O–H groups in total. The minimum atomic E-state index is -5.37. The van der Waals surface area contributed by atoms with E-state index in [0.717, 1.165) is 0 Å². The summed E-state index contributed by atoms with van der Waals surface area (Å²) in [6.07, 6.45) is -4.54. The standard InChI is InChI=1S/C9H2F9NO/c10-1-2(11)4(13)6(5(14)3(1)12)19-8(20)9(17,18)7(15)16/h7H,(H,19,20). The smallest absolute Gasteiger partial charge is 0.316 e. The molecule has 0 aliphatic carbocycles. The molecule has 112 valence electrons. The van der Waals surface area contributed by atoms with Gasteiger partial charge in [-0.2, -0.15) is 8.78 Å². The van der Waals surface area contributed by atoms with Gasteiger partial charge in [0.05, 0.1) is 0 Å². The summed E-state index contributed by atoms with van der Waals surface area (Å²) >= 11 is 0. The number of amides is 1. The van der Waals surface area contributed by atoms with Gasteiger partial charge in [-0.15, -0.1) is 0 Å².